The molecule has 0 aliphatic heterocycles. The Kier molecular flexibility index (Phi) is 3.56. The second kappa shape index (κ2) is 5.51. The molecule has 0 fully saturated rings. The zero-order valence-corrected chi connectivity index (χ0v) is 12.2. The number of nitrogens with two attached hydrogens (primary N) is 1. The van der Waals surface area contributed by atoms with E-state index in [4.69, 9.17) is 5.73 Å². The standard InChI is InChI=1S/C16H17N3S/c1-2-13(15-6-4-10-20-15)19-14-8-7-12(17)11-5-3-9-18-16(11)14/h3-10,13,19H,2,17H2,1H3. The van der Waals surface area contributed by atoms with Gasteiger partial charge in [-0.1, -0.05) is 13.0 Å². The lowest BCUT2D eigenvalue weighted by Gasteiger charge is -2.18. The SMILES string of the molecule is CCC(Nc1ccc(N)c2cccnc12)c1cccs1. The lowest BCUT2D eigenvalue weighted by atomic mass is 10.1. The molecule has 0 amide bonds. The number of nitrogens with zero attached hydrogens (tertiary/aromatic N) is 1. The molecule has 2 heterocycles. The van der Waals surface area contributed by atoms with E-state index in [1.807, 2.05) is 24.3 Å². The first-order valence-corrected chi connectivity index (χ1v) is 7.60. The second-order valence-electron chi connectivity index (χ2n) is 4.72. The number of hydrogen-bond acceptors (Lipinski definition) is 4. The van der Waals surface area contributed by atoms with Crippen molar-refractivity contribution < 1.29 is 0 Å². The van der Waals surface area contributed by atoms with Crippen molar-refractivity contribution >= 4 is 33.6 Å². The van der Waals surface area contributed by atoms with Gasteiger partial charge in [0.25, 0.3) is 0 Å². The number of benzene rings is 1. The molecule has 3 nitrogen and oxygen atoms in total. The minimum Gasteiger partial charge on any atom is -0.398 e. The zero-order valence-electron chi connectivity index (χ0n) is 11.3. The molecule has 0 radical (unpaired) electrons. The maximum absolute atomic E-state index is 6.02. The minimum absolute atomic E-state index is 0.309. The summed E-state index contributed by atoms with van der Waals surface area (Å²) in [5.74, 6) is 0. The van der Waals surface area contributed by atoms with Crippen molar-refractivity contribution in [3.63, 3.8) is 0 Å². The Morgan fingerprint density at radius 2 is 2.15 bits per heavy atom. The van der Waals surface area contributed by atoms with Crippen LogP contribution in [0, 0.1) is 0 Å². The molecule has 0 spiro atoms. The summed E-state index contributed by atoms with van der Waals surface area (Å²) in [4.78, 5) is 5.81. The molecule has 0 saturated heterocycles. The molecular formula is C16H17N3S. The Morgan fingerprint density at radius 1 is 1.25 bits per heavy atom. The van der Waals surface area contributed by atoms with Gasteiger partial charge in [0.05, 0.1) is 17.2 Å². The number of fused-ring (bicyclic) bond motifs is 1. The predicted octanol–water partition coefficient (Wildman–Crippen LogP) is 4.44. The molecule has 4 heteroatoms. The van der Waals surface area contributed by atoms with Crippen LogP contribution in [0.4, 0.5) is 11.4 Å². The highest BCUT2D eigenvalue weighted by molar-refractivity contribution is 7.10. The van der Waals surface area contributed by atoms with Crippen LogP contribution in [0.25, 0.3) is 10.9 Å². The van der Waals surface area contributed by atoms with Crippen molar-refractivity contribution in [2.75, 3.05) is 11.1 Å². The van der Waals surface area contributed by atoms with Crippen LogP contribution in [0.15, 0.2) is 48.0 Å². The number of pyridine rings is 1. The highest BCUT2D eigenvalue weighted by Crippen LogP contribution is 2.31. The molecule has 3 aromatic rings. The van der Waals surface area contributed by atoms with E-state index < -0.39 is 0 Å². The number of thiophene rings is 1. The van der Waals surface area contributed by atoms with Gasteiger partial charge in [0, 0.05) is 22.1 Å². The van der Waals surface area contributed by atoms with Crippen LogP contribution in [0.3, 0.4) is 0 Å². The van der Waals surface area contributed by atoms with Crippen LogP contribution in [-0.4, -0.2) is 4.98 Å². The first-order valence-electron chi connectivity index (χ1n) is 6.72. The van der Waals surface area contributed by atoms with Gasteiger partial charge in [0.15, 0.2) is 0 Å². The van der Waals surface area contributed by atoms with Crippen LogP contribution in [0.1, 0.15) is 24.3 Å². The maximum Gasteiger partial charge on any atom is 0.0954 e. The van der Waals surface area contributed by atoms with E-state index in [1.165, 1.54) is 4.88 Å². The molecule has 2 aromatic heterocycles. The van der Waals surface area contributed by atoms with Crippen molar-refractivity contribution in [3.05, 3.63) is 52.9 Å². The molecule has 20 heavy (non-hydrogen) atoms. The van der Waals surface area contributed by atoms with E-state index in [1.54, 1.807) is 17.5 Å². The lowest BCUT2D eigenvalue weighted by molar-refractivity contribution is 0.765. The minimum atomic E-state index is 0.309. The summed E-state index contributed by atoms with van der Waals surface area (Å²) in [6, 6.07) is 12.4. The molecule has 0 saturated carbocycles. The van der Waals surface area contributed by atoms with E-state index >= 15 is 0 Å². The molecule has 3 N–H and O–H groups in total. The number of aromatic nitrogens is 1. The molecule has 0 aliphatic rings. The van der Waals surface area contributed by atoms with Crippen LogP contribution in [-0.2, 0) is 0 Å². The summed E-state index contributed by atoms with van der Waals surface area (Å²) < 4.78 is 0. The third-order valence-electron chi connectivity index (χ3n) is 3.43. The summed E-state index contributed by atoms with van der Waals surface area (Å²) in [5.41, 5.74) is 8.75. The highest BCUT2D eigenvalue weighted by Gasteiger charge is 2.12. The van der Waals surface area contributed by atoms with Gasteiger partial charge in [-0.3, -0.25) is 4.98 Å². The normalized spacial score (nSPS) is 12.4. The fourth-order valence-electron chi connectivity index (χ4n) is 2.36. The summed E-state index contributed by atoms with van der Waals surface area (Å²) >= 11 is 1.78. The van der Waals surface area contributed by atoms with Gasteiger partial charge < -0.3 is 11.1 Å². The fraction of sp³-hybridized carbons (Fsp3) is 0.188. The highest BCUT2D eigenvalue weighted by atomic mass is 32.1. The molecule has 0 bridgehead atoms. The predicted molar refractivity (Wildman–Crippen MR) is 87.1 cm³/mol. The smallest absolute Gasteiger partial charge is 0.0954 e. The first-order chi connectivity index (χ1) is 9.79. The maximum atomic E-state index is 6.02. The third-order valence-corrected chi connectivity index (χ3v) is 4.41. The number of anilines is 2. The molecule has 0 aliphatic carbocycles. The van der Waals surface area contributed by atoms with Gasteiger partial charge in [-0.05, 0) is 42.1 Å². The average Bonchev–Trinajstić information content (AvgIpc) is 3.01. The summed E-state index contributed by atoms with van der Waals surface area (Å²) in [6.45, 7) is 2.18. The van der Waals surface area contributed by atoms with Crippen LogP contribution in [0.5, 0.6) is 0 Å². The Hall–Kier alpha value is -2.07. The Bertz CT molecular complexity index is 707. The lowest BCUT2D eigenvalue weighted by Crippen LogP contribution is -2.09. The number of nitrogen functional groups attached to an aromatic ring is 1. The summed E-state index contributed by atoms with van der Waals surface area (Å²) in [5, 5.41) is 6.70. The summed E-state index contributed by atoms with van der Waals surface area (Å²) in [6.07, 6.45) is 2.83. The van der Waals surface area contributed by atoms with Crippen LogP contribution in [0.2, 0.25) is 0 Å². The van der Waals surface area contributed by atoms with Gasteiger partial charge in [0.1, 0.15) is 0 Å². The topological polar surface area (TPSA) is 50.9 Å². The van der Waals surface area contributed by atoms with Crippen molar-refractivity contribution in [1.82, 2.24) is 4.98 Å². The van der Waals surface area contributed by atoms with Crippen molar-refractivity contribution in [3.8, 4) is 0 Å². The molecule has 1 aromatic carbocycles. The van der Waals surface area contributed by atoms with Gasteiger partial charge in [-0.15, -0.1) is 11.3 Å². The van der Waals surface area contributed by atoms with Gasteiger partial charge in [-0.2, -0.15) is 0 Å². The van der Waals surface area contributed by atoms with Gasteiger partial charge in [0.2, 0.25) is 0 Å². The fourth-order valence-corrected chi connectivity index (χ4v) is 3.22. The molecular weight excluding hydrogens is 266 g/mol. The Labute approximate surface area is 122 Å². The van der Waals surface area contributed by atoms with Crippen molar-refractivity contribution in [2.45, 2.75) is 19.4 Å². The van der Waals surface area contributed by atoms with Crippen molar-refractivity contribution in [2.24, 2.45) is 0 Å². The largest absolute Gasteiger partial charge is 0.398 e. The van der Waals surface area contributed by atoms with Gasteiger partial charge >= 0.3 is 0 Å². The molecule has 102 valence electrons. The van der Waals surface area contributed by atoms with Crippen LogP contribution >= 0.6 is 11.3 Å². The quantitative estimate of drug-likeness (QED) is 0.696. The summed E-state index contributed by atoms with van der Waals surface area (Å²) in [7, 11) is 0. The van der Waals surface area contributed by atoms with E-state index in [2.05, 4.69) is 34.7 Å². The average molecular weight is 283 g/mol. The van der Waals surface area contributed by atoms with Gasteiger partial charge in [-0.25, -0.2) is 0 Å². The van der Waals surface area contributed by atoms with E-state index in [0.717, 1.165) is 28.7 Å². The van der Waals surface area contributed by atoms with Crippen LogP contribution < -0.4 is 11.1 Å². The van der Waals surface area contributed by atoms with E-state index in [9.17, 15) is 0 Å². The van der Waals surface area contributed by atoms with E-state index in [0.29, 0.717) is 6.04 Å². The number of rotatable bonds is 4. The first kappa shape index (κ1) is 12.9. The zero-order chi connectivity index (χ0) is 13.9. The van der Waals surface area contributed by atoms with Crippen molar-refractivity contribution in [1.29, 1.82) is 0 Å². The molecule has 1 unspecified atom stereocenters. The second-order valence-corrected chi connectivity index (χ2v) is 5.70. The third kappa shape index (κ3) is 2.34. The molecule has 3 rings (SSSR count). The Morgan fingerprint density at radius 3 is 2.90 bits per heavy atom. The Balaban J connectivity index is 2.00. The molecule has 1 atom stereocenters. The monoisotopic (exact) mass is 283 g/mol. The number of nitrogens with one attached hydrogen (secondary N) is 1. The van der Waals surface area contributed by atoms with E-state index in [-0.39, 0.29) is 0 Å². The number of hydrogen-bond donors (Lipinski definition) is 2.